The molecule has 0 aromatic heterocycles. The number of benzene rings is 1. The van der Waals surface area contributed by atoms with Crippen LogP contribution < -0.4 is 10.1 Å². The van der Waals surface area contributed by atoms with Gasteiger partial charge in [-0.2, -0.15) is 0 Å². The summed E-state index contributed by atoms with van der Waals surface area (Å²) in [7, 11) is 0. The molecule has 1 aliphatic heterocycles. The number of hydrogen-bond acceptors (Lipinski definition) is 3. The molecule has 1 aromatic carbocycles. The van der Waals surface area contributed by atoms with E-state index >= 15 is 0 Å². The Labute approximate surface area is 122 Å². The number of rotatable bonds is 5. The third-order valence-corrected chi connectivity index (χ3v) is 3.44. The van der Waals surface area contributed by atoms with E-state index in [-0.39, 0.29) is 16.8 Å². The highest BCUT2D eigenvalue weighted by molar-refractivity contribution is 6.32. The van der Waals surface area contributed by atoms with Gasteiger partial charge in [-0.25, -0.2) is 4.39 Å². The van der Waals surface area contributed by atoms with Gasteiger partial charge in [-0.15, -0.1) is 0 Å². The van der Waals surface area contributed by atoms with Crippen LogP contribution in [0.3, 0.4) is 0 Å². The fourth-order valence-corrected chi connectivity index (χ4v) is 2.25. The predicted octanol–water partition coefficient (Wildman–Crippen LogP) is 2.40. The maximum Gasteiger partial charge on any atom is 0.223 e. The summed E-state index contributed by atoms with van der Waals surface area (Å²) in [6.45, 7) is 1.96. The van der Waals surface area contributed by atoms with Crippen LogP contribution in [0.5, 0.6) is 5.75 Å². The molecule has 110 valence electrons. The Morgan fingerprint density at radius 3 is 2.90 bits per heavy atom. The van der Waals surface area contributed by atoms with Crippen LogP contribution in [-0.4, -0.2) is 32.3 Å². The van der Waals surface area contributed by atoms with Gasteiger partial charge in [0, 0.05) is 19.1 Å². The summed E-state index contributed by atoms with van der Waals surface area (Å²) in [4.78, 5) is 11.8. The molecule has 1 amide bonds. The second-order valence-electron chi connectivity index (χ2n) is 4.60. The van der Waals surface area contributed by atoms with Gasteiger partial charge in [0.1, 0.15) is 18.2 Å². The second kappa shape index (κ2) is 7.45. The monoisotopic (exact) mass is 301 g/mol. The molecule has 1 aromatic rings. The molecule has 1 heterocycles. The van der Waals surface area contributed by atoms with E-state index in [1.807, 2.05) is 0 Å². The van der Waals surface area contributed by atoms with Crippen LogP contribution in [0.2, 0.25) is 5.02 Å². The largest absolute Gasteiger partial charge is 0.490 e. The van der Waals surface area contributed by atoms with Crippen molar-refractivity contribution in [3.8, 4) is 5.75 Å². The van der Waals surface area contributed by atoms with E-state index in [9.17, 15) is 9.18 Å². The average molecular weight is 302 g/mol. The maximum atomic E-state index is 12.8. The quantitative estimate of drug-likeness (QED) is 0.850. The molecule has 0 aliphatic carbocycles. The molecule has 4 nitrogen and oxygen atoms in total. The van der Waals surface area contributed by atoms with Gasteiger partial charge >= 0.3 is 0 Å². The third-order valence-electron chi connectivity index (χ3n) is 3.14. The van der Waals surface area contributed by atoms with Crippen molar-refractivity contribution >= 4 is 17.5 Å². The van der Waals surface area contributed by atoms with E-state index in [0.29, 0.717) is 32.1 Å². The van der Waals surface area contributed by atoms with E-state index in [1.54, 1.807) is 0 Å². The van der Waals surface area contributed by atoms with E-state index < -0.39 is 5.82 Å². The molecule has 1 N–H and O–H groups in total. The van der Waals surface area contributed by atoms with Crippen molar-refractivity contribution in [2.24, 2.45) is 5.92 Å². The molecule has 0 atom stereocenters. The molecule has 20 heavy (non-hydrogen) atoms. The van der Waals surface area contributed by atoms with Gasteiger partial charge in [0.25, 0.3) is 0 Å². The van der Waals surface area contributed by atoms with Crippen LogP contribution in [0, 0.1) is 11.7 Å². The molecule has 1 saturated heterocycles. The number of amides is 1. The number of nitrogens with one attached hydrogen (secondary N) is 1. The fourth-order valence-electron chi connectivity index (χ4n) is 2.03. The summed E-state index contributed by atoms with van der Waals surface area (Å²) >= 11 is 5.83. The standard InChI is InChI=1S/C14H17ClFNO3/c15-12-9-11(16)1-2-13(12)20-8-5-17-14(18)10-3-6-19-7-4-10/h1-2,9-10H,3-8H2,(H,17,18). The van der Waals surface area contributed by atoms with E-state index in [4.69, 9.17) is 21.1 Å². The summed E-state index contributed by atoms with van der Waals surface area (Å²) in [5.74, 6) is 0.0591. The van der Waals surface area contributed by atoms with Crippen molar-refractivity contribution in [3.63, 3.8) is 0 Å². The summed E-state index contributed by atoms with van der Waals surface area (Å²) in [6.07, 6.45) is 1.52. The number of hydrogen-bond donors (Lipinski definition) is 1. The van der Waals surface area contributed by atoms with Crippen LogP contribution >= 0.6 is 11.6 Å². The van der Waals surface area contributed by atoms with Crippen molar-refractivity contribution in [2.75, 3.05) is 26.4 Å². The van der Waals surface area contributed by atoms with E-state index in [1.165, 1.54) is 18.2 Å². The first-order valence-electron chi connectivity index (χ1n) is 6.60. The zero-order valence-corrected chi connectivity index (χ0v) is 11.8. The lowest BCUT2D eigenvalue weighted by atomic mass is 9.99. The van der Waals surface area contributed by atoms with Crippen molar-refractivity contribution < 1.29 is 18.7 Å². The van der Waals surface area contributed by atoms with E-state index in [0.717, 1.165) is 12.8 Å². The third kappa shape index (κ3) is 4.35. The van der Waals surface area contributed by atoms with Gasteiger partial charge in [-0.05, 0) is 31.0 Å². The lowest BCUT2D eigenvalue weighted by molar-refractivity contribution is -0.127. The van der Waals surface area contributed by atoms with Gasteiger partial charge in [0.05, 0.1) is 11.6 Å². The average Bonchev–Trinajstić information content (AvgIpc) is 2.46. The van der Waals surface area contributed by atoms with Crippen molar-refractivity contribution in [1.82, 2.24) is 5.32 Å². The van der Waals surface area contributed by atoms with Crippen LogP contribution in [0.25, 0.3) is 0 Å². The predicted molar refractivity (Wildman–Crippen MR) is 73.5 cm³/mol. The molecular weight excluding hydrogens is 285 g/mol. The summed E-state index contributed by atoms with van der Waals surface area (Å²) in [6, 6.07) is 3.94. The zero-order valence-electron chi connectivity index (χ0n) is 11.0. The SMILES string of the molecule is O=C(NCCOc1ccc(F)cc1Cl)C1CCOCC1. The van der Waals surface area contributed by atoms with Gasteiger partial charge in [-0.3, -0.25) is 4.79 Å². The molecule has 0 saturated carbocycles. The number of ether oxygens (including phenoxy) is 2. The van der Waals surface area contributed by atoms with Crippen molar-refractivity contribution in [1.29, 1.82) is 0 Å². The normalized spacial score (nSPS) is 15.9. The molecule has 2 rings (SSSR count). The van der Waals surface area contributed by atoms with Crippen molar-refractivity contribution in [2.45, 2.75) is 12.8 Å². The zero-order chi connectivity index (χ0) is 14.4. The first kappa shape index (κ1) is 15.1. The minimum atomic E-state index is -0.407. The summed E-state index contributed by atoms with van der Waals surface area (Å²) < 4.78 is 23.4. The highest BCUT2D eigenvalue weighted by Gasteiger charge is 2.20. The highest BCUT2D eigenvalue weighted by Crippen LogP contribution is 2.24. The van der Waals surface area contributed by atoms with Gasteiger partial charge < -0.3 is 14.8 Å². The van der Waals surface area contributed by atoms with Crippen LogP contribution in [0.1, 0.15) is 12.8 Å². The first-order chi connectivity index (χ1) is 9.66. The van der Waals surface area contributed by atoms with Gasteiger partial charge in [0.2, 0.25) is 5.91 Å². The first-order valence-corrected chi connectivity index (χ1v) is 6.98. The number of carbonyl (C=O) groups excluding carboxylic acids is 1. The molecule has 1 fully saturated rings. The lowest BCUT2D eigenvalue weighted by Crippen LogP contribution is -2.36. The van der Waals surface area contributed by atoms with Gasteiger partial charge in [0.15, 0.2) is 0 Å². The fraction of sp³-hybridized carbons (Fsp3) is 0.500. The van der Waals surface area contributed by atoms with Gasteiger partial charge in [-0.1, -0.05) is 11.6 Å². The lowest BCUT2D eigenvalue weighted by Gasteiger charge is -2.21. The maximum absolute atomic E-state index is 12.8. The molecule has 0 spiro atoms. The molecular formula is C14H17ClFNO3. The summed E-state index contributed by atoms with van der Waals surface area (Å²) in [5.41, 5.74) is 0. The smallest absolute Gasteiger partial charge is 0.223 e. The minimum Gasteiger partial charge on any atom is -0.490 e. The van der Waals surface area contributed by atoms with Crippen molar-refractivity contribution in [3.05, 3.63) is 29.0 Å². The molecule has 0 radical (unpaired) electrons. The Morgan fingerprint density at radius 2 is 2.20 bits per heavy atom. The Hall–Kier alpha value is -1.33. The molecule has 6 heteroatoms. The Bertz CT molecular complexity index is 464. The molecule has 0 bridgehead atoms. The van der Waals surface area contributed by atoms with Crippen LogP contribution in [0.4, 0.5) is 4.39 Å². The summed E-state index contributed by atoms with van der Waals surface area (Å²) in [5, 5.41) is 3.04. The number of carbonyl (C=O) groups is 1. The Morgan fingerprint density at radius 1 is 1.45 bits per heavy atom. The minimum absolute atomic E-state index is 0.0261. The molecule has 1 aliphatic rings. The topological polar surface area (TPSA) is 47.6 Å². The number of halogens is 2. The van der Waals surface area contributed by atoms with Crippen LogP contribution in [-0.2, 0) is 9.53 Å². The van der Waals surface area contributed by atoms with Crippen LogP contribution in [0.15, 0.2) is 18.2 Å². The van der Waals surface area contributed by atoms with E-state index in [2.05, 4.69) is 5.32 Å². The molecule has 0 unspecified atom stereocenters. The Kier molecular flexibility index (Phi) is 5.61. The Balaban J connectivity index is 1.69. The second-order valence-corrected chi connectivity index (χ2v) is 5.01. The highest BCUT2D eigenvalue weighted by atomic mass is 35.5.